The molecule has 0 amide bonds. The highest BCUT2D eigenvalue weighted by Crippen LogP contribution is 2.26. The molecule has 14 heavy (non-hydrogen) atoms. The van der Waals surface area contributed by atoms with Crippen LogP contribution in [0.4, 0.5) is 13.2 Å². The fourth-order valence-corrected chi connectivity index (χ4v) is 1.24. The molecule has 1 aromatic rings. The van der Waals surface area contributed by atoms with Gasteiger partial charge < -0.3 is 5.11 Å². The van der Waals surface area contributed by atoms with Crippen molar-refractivity contribution in [3.63, 3.8) is 0 Å². The molecule has 4 nitrogen and oxygen atoms in total. The number of aromatic carboxylic acids is 1. The Morgan fingerprint density at radius 1 is 1.50 bits per heavy atom. The highest BCUT2D eigenvalue weighted by atomic mass is 127. The lowest BCUT2D eigenvalue weighted by molar-refractivity contribution is -0.145. The first kappa shape index (κ1) is 11.1. The molecule has 0 bridgehead atoms. The smallest absolute Gasteiger partial charge is 0.451 e. The maximum atomic E-state index is 12.0. The summed E-state index contributed by atoms with van der Waals surface area (Å²) in [6, 6.07) is 0. The van der Waals surface area contributed by atoms with Crippen molar-refractivity contribution in [1.29, 1.82) is 0 Å². The van der Waals surface area contributed by atoms with Crippen LogP contribution in [0.15, 0.2) is 6.20 Å². The van der Waals surface area contributed by atoms with Crippen LogP contribution in [0.2, 0.25) is 0 Å². The summed E-state index contributed by atoms with van der Waals surface area (Å²) in [5.41, 5.74) is -0.349. The van der Waals surface area contributed by atoms with Crippen molar-refractivity contribution in [2.75, 3.05) is 0 Å². The normalized spacial score (nSPS) is 11.4. The molecule has 0 aliphatic rings. The highest BCUT2D eigenvalue weighted by molar-refractivity contribution is 14.1. The lowest BCUT2D eigenvalue weighted by Crippen LogP contribution is -2.14. The number of alkyl halides is 3. The summed E-state index contributed by atoms with van der Waals surface area (Å²) in [6.45, 7) is 0. The van der Waals surface area contributed by atoms with Crippen LogP contribution in [-0.4, -0.2) is 21.0 Å². The molecule has 1 heterocycles. The van der Waals surface area contributed by atoms with Crippen LogP contribution >= 0.6 is 22.6 Å². The molecule has 0 aromatic carbocycles. The quantitative estimate of drug-likeness (QED) is 0.633. The second kappa shape index (κ2) is 3.67. The molecule has 8 heteroatoms. The van der Waals surface area contributed by atoms with Gasteiger partial charge in [0.1, 0.15) is 9.26 Å². The Morgan fingerprint density at radius 3 is 2.43 bits per heavy atom. The molecular formula is C6H2F3IN2O2. The lowest BCUT2D eigenvalue weighted by atomic mass is 10.3. The second-order valence-corrected chi connectivity index (χ2v) is 3.22. The van der Waals surface area contributed by atoms with Gasteiger partial charge in [0.25, 0.3) is 0 Å². The third kappa shape index (κ3) is 2.30. The van der Waals surface area contributed by atoms with Crippen LogP contribution < -0.4 is 0 Å². The summed E-state index contributed by atoms with van der Waals surface area (Å²) in [4.78, 5) is 16.4. The fraction of sp³-hybridized carbons (Fsp3) is 0.167. The molecule has 0 aliphatic carbocycles. The standard InChI is InChI=1S/C6H2F3IN2O2/c7-6(8,9)5-11-1-2(4(13)14)3(10)12-5/h1H,(H,13,14). The summed E-state index contributed by atoms with van der Waals surface area (Å²) in [6.07, 6.45) is -4.02. The van der Waals surface area contributed by atoms with Gasteiger partial charge in [-0.2, -0.15) is 13.2 Å². The Bertz CT molecular complexity index is 380. The van der Waals surface area contributed by atoms with Crippen molar-refractivity contribution in [2.24, 2.45) is 0 Å². The predicted octanol–water partition coefficient (Wildman–Crippen LogP) is 1.80. The molecule has 0 fully saturated rings. The molecule has 1 N–H and O–H groups in total. The third-order valence-electron chi connectivity index (χ3n) is 1.23. The van der Waals surface area contributed by atoms with Crippen molar-refractivity contribution >= 4 is 28.6 Å². The number of hydrogen-bond donors (Lipinski definition) is 1. The molecule has 0 saturated carbocycles. The zero-order valence-electron chi connectivity index (χ0n) is 6.34. The monoisotopic (exact) mass is 318 g/mol. The van der Waals surface area contributed by atoms with Crippen LogP contribution in [0.3, 0.4) is 0 Å². The first-order valence-corrected chi connectivity index (χ1v) is 4.23. The molecular weight excluding hydrogens is 316 g/mol. The van der Waals surface area contributed by atoms with E-state index in [4.69, 9.17) is 5.11 Å². The van der Waals surface area contributed by atoms with Gasteiger partial charge in [-0.15, -0.1) is 0 Å². The SMILES string of the molecule is O=C(O)c1cnc(C(F)(F)F)nc1I. The van der Waals surface area contributed by atoms with Crippen molar-refractivity contribution < 1.29 is 23.1 Å². The van der Waals surface area contributed by atoms with Gasteiger partial charge in [-0.05, 0) is 22.6 Å². The molecule has 0 saturated heterocycles. The zero-order valence-corrected chi connectivity index (χ0v) is 8.50. The maximum Gasteiger partial charge on any atom is 0.451 e. The largest absolute Gasteiger partial charge is 0.478 e. The topological polar surface area (TPSA) is 63.1 Å². The second-order valence-electron chi connectivity index (χ2n) is 2.20. The summed E-state index contributed by atoms with van der Waals surface area (Å²) in [5, 5.41) is 8.49. The number of halogens is 4. The van der Waals surface area contributed by atoms with Crippen molar-refractivity contribution in [3.8, 4) is 0 Å². The third-order valence-corrected chi connectivity index (χ3v) is 2.05. The van der Waals surface area contributed by atoms with Gasteiger partial charge in [0.05, 0.1) is 0 Å². The van der Waals surface area contributed by atoms with E-state index in [1.165, 1.54) is 22.6 Å². The van der Waals surface area contributed by atoms with Crippen LogP contribution in [0, 0.1) is 3.70 Å². The zero-order chi connectivity index (χ0) is 10.9. The van der Waals surface area contributed by atoms with E-state index in [1.807, 2.05) is 0 Å². The first-order chi connectivity index (χ1) is 6.32. The summed E-state index contributed by atoms with van der Waals surface area (Å²) in [7, 11) is 0. The fourth-order valence-electron chi connectivity index (χ4n) is 0.641. The number of carboxylic acid groups (broad SMARTS) is 1. The van der Waals surface area contributed by atoms with E-state index in [0.29, 0.717) is 6.20 Å². The summed E-state index contributed by atoms with van der Waals surface area (Å²) >= 11 is 1.41. The van der Waals surface area contributed by atoms with Gasteiger partial charge in [0.15, 0.2) is 0 Å². The minimum atomic E-state index is -4.66. The van der Waals surface area contributed by atoms with Gasteiger partial charge >= 0.3 is 12.1 Å². The Balaban J connectivity index is 3.20. The van der Waals surface area contributed by atoms with E-state index in [2.05, 4.69) is 9.97 Å². The lowest BCUT2D eigenvalue weighted by Gasteiger charge is -2.05. The van der Waals surface area contributed by atoms with Gasteiger partial charge in [0, 0.05) is 6.20 Å². The molecule has 0 spiro atoms. The van der Waals surface area contributed by atoms with Crippen molar-refractivity contribution in [3.05, 3.63) is 21.3 Å². The Hall–Kier alpha value is -0.930. The van der Waals surface area contributed by atoms with Gasteiger partial charge in [0.2, 0.25) is 5.82 Å². The maximum absolute atomic E-state index is 12.0. The molecule has 0 radical (unpaired) electrons. The minimum absolute atomic E-state index is 0.238. The molecule has 1 rings (SSSR count). The number of rotatable bonds is 1. The number of aromatic nitrogens is 2. The van der Waals surface area contributed by atoms with E-state index in [1.54, 1.807) is 0 Å². The van der Waals surface area contributed by atoms with E-state index < -0.39 is 18.0 Å². The van der Waals surface area contributed by atoms with E-state index in [0.717, 1.165) is 0 Å². The molecule has 1 aromatic heterocycles. The van der Waals surface area contributed by atoms with Crippen molar-refractivity contribution in [1.82, 2.24) is 9.97 Å². The molecule has 0 aliphatic heterocycles. The number of carboxylic acids is 1. The molecule has 0 atom stereocenters. The highest BCUT2D eigenvalue weighted by Gasteiger charge is 2.35. The summed E-state index contributed by atoms with van der Waals surface area (Å²) in [5.74, 6) is -2.70. The van der Waals surface area contributed by atoms with Crippen LogP contribution in [0.1, 0.15) is 16.2 Å². The van der Waals surface area contributed by atoms with Crippen molar-refractivity contribution in [2.45, 2.75) is 6.18 Å². The van der Waals surface area contributed by atoms with Crippen LogP contribution in [0.25, 0.3) is 0 Å². The van der Waals surface area contributed by atoms with E-state index in [-0.39, 0.29) is 9.26 Å². The summed E-state index contributed by atoms with van der Waals surface area (Å²) < 4.78 is 35.8. The average molecular weight is 318 g/mol. The Kier molecular flexibility index (Phi) is 2.92. The van der Waals surface area contributed by atoms with E-state index >= 15 is 0 Å². The van der Waals surface area contributed by atoms with Gasteiger partial charge in [-0.1, -0.05) is 0 Å². The Morgan fingerprint density at radius 2 is 2.07 bits per heavy atom. The van der Waals surface area contributed by atoms with E-state index in [9.17, 15) is 18.0 Å². The van der Waals surface area contributed by atoms with Crippen LogP contribution in [-0.2, 0) is 6.18 Å². The number of carbonyl (C=O) groups is 1. The van der Waals surface area contributed by atoms with Gasteiger partial charge in [-0.25, -0.2) is 14.8 Å². The number of nitrogens with zero attached hydrogens (tertiary/aromatic N) is 2. The first-order valence-electron chi connectivity index (χ1n) is 3.15. The van der Waals surface area contributed by atoms with Crippen LogP contribution in [0.5, 0.6) is 0 Å². The average Bonchev–Trinajstić information content (AvgIpc) is 2.01. The molecule has 76 valence electrons. The minimum Gasteiger partial charge on any atom is -0.478 e. The van der Waals surface area contributed by atoms with Gasteiger partial charge in [-0.3, -0.25) is 0 Å². The molecule has 0 unspecified atom stereocenters. The number of hydrogen-bond acceptors (Lipinski definition) is 3. The predicted molar refractivity (Wildman–Crippen MR) is 46.7 cm³/mol. The Labute approximate surface area is 89.3 Å².